The van der Waals surface area contributed by atoms with Crippen molar-refractivity contribution in [1.82, 2.24) is 0 Å². The molecule has 0 aromatic heterocycles. The molecule has 0 spiro atoms. The van der Waals surface area contributed by atoms with Crippen LogP contribution in [0.15, 0.2) is 0 Å². The highest BCUT2D eigenvalue weighted by Crippen LogP contribution is 2.41. The topological polar surface area (TPSA) is 9.23 Å². The fraction of sp³-hybridized carbons (Fsp3) is 0.778. The fourth-order valence-corrected chi connectivity index (χ4v) is 5.86. The van der Waals surface area contributed by atoms with Crippen LogP contribution in [-0.2, 0) is 12.8 Å². The summed E-state index contributed by atoms with van der Waals surface area (Å²) in [7, 11) is 0. The van der Waals surface area contributed by atoms with Gasteiger partial charge in [-0.05, 0) is 80.8 Å². The molecule has 2 unspecified atom stereocenters. The van der Waals surface area contributed by atoms with E-state index in [-0.39, 0.29) is 11.9 Å². The fourth-order valence-electron chi connectivity index (χ4n) is 5.86. The SMILES string of the molecule is CCCCCC1CCc2c(CC(C)C3CCC(CCC)CC3)c(C)c(F)c(F)c2O1. The highest BCUT2D eigenvalue weighted by Gasteiger charge is 2.32. The zero-order chi connectivity index (χ0) is 21.7. The first kappa shape index (κ1) is 23.5. The number of benzene rings is 1. The molecule has 1 fully saturated rings. The first-order chi connectivity index (χ1) is 14.5. The second-order valence-electron chi connectivity index (χ2n) is 10.1. The van der Waals surface area contributed by atoms with E-state index in [2.05, 4.69) is 20.8 Å². The van der Waals surface area contributed by atoms with E-state index in [1.165, 1.54) is 44.9 Å². The molecule has 1 nitrogen and oxygen atoms in total. The van der Waals surface area contributed by atoms with E-state index in [1.54, 1.807) is 6.92 Å². The average Bonchev–Trinajstić information content (AvgIpc) is 2.76. The number of hydrogen-bond acceptors (Lipinski definition) is 1. The van der Waals surface area contributed by atoms with E-state index in [0.29, 0.717) is 17.4 Å². The second kappa shape index (κ2) is 11.0. The maximum absolute atomic E-state index is 14.8. The molecule has 1 aliphatic heterocycles. The van der Waals surface area contributed by atoms with Crippen molar-refractivity contribution in [2.75, 3.05) is 0 Å². The van der Waals surface area contributed by atoms with E-state index in [1.807, 2.05) is 0 Å². The summed E-state index contributed by atoms with van der Waals surface area (Å²) in [5.74, 6) is 0.861. The Morgan fingerprint density at radius 3 is 2.33 bits per heavy atom. The molecule has 1 aromatic carbocycles. The van der Waals surface area contributed by atoms with E-state index in [9.17, 15) is 8.78 Å². The molecule has 0 amide bonds. The summed E-state index contributed by atoms with van der Waals surface area (Å²) in [6.07, 6.45) is 14.8. The number of unbranched alkanes of at least 4 members (excludes halogenated alkanes) is 2. The van der Waals surface area contributed by atoms with Gasteiger partial charge in [-0.3, -0.25) is 0 Å². The van der Waals surface area contributed by atoms with E-state index in [4.69, 9.17) is 4.74 Å². The van der Waals surface area contributed by atoms with Crippen molar-refractivity contribution >= 4 is 0 Å². The van der Waals surface area contributed by atoms with Crippen molar-refractivity contribution in [1.29, 1.82) is 0 Å². The first-order valence-corrected chi connectivity index (χ1v) is 12.6. The van der Waals surface area contributed by atoms with Crippen molar-refractivity contribution in [2.24, 2.45) is 17.8 Å². The zero-order valence-corrected chi connectivity index (χ0v) is 19.7. The van der Waals surface area contributed by atoms with Crippen LogP contribution in [0.2, 0.25) is 0 Å². The van der Waals surface area contributed by atoms with Gasteiger partial charge in [0.05, 0.1) is 6.10 Å². The Hall–Kier alpha value is -1.12. The number of ether oxygens (including phenoxy) is 1. The predicted octanol–water partition coefficient (Wildman–Crippen LogP) is 8.33. The number of hydrogen-bond donors (Lipinski definition) is 0. The standard InChI is InChI=1S/C27H42F2O/c1-5-7-8-10-22-15-16-23-24(19(4)25(28)26(29)27(23)30-22)17-18(3)21-13-11-20(9-6-2)12-14-21/h18,20-22H,5-17H2,1-4H3. The highest BCUT2D eigenvalue weighted by atomic mass is 19.2. The van der Waals surface area contributed by atoms with Crippen LogP contribution >= 0.6 is 0 Å². The Balaban J connectivity index is 1.73. The second-order valence-corrected chi connectivity index (χ2v) is 10.1. The molecular formula is C27H42F2O. The van der Waals surface area contributed by atoms with E-state index in [0.717, 1.165) is 55.6 Å². The summed E-state index contributed by atoms with van der Waals surface area (Å²) in [5, 5.41) is 0. The van der Waals surface area contributed by atoms with Crippen LogP contribution < -0.4 is 4.74 Å². The Labute approximate surface area is 183 Å². The van der Waals surface area contributed by atoms with Gasteiger partial charge in [-0.25, -0.2) is 4.39 Å². The molecule has 1 aliphatic carbocycles. The summed E-state index contributed by atoms with van der Waals surface area (Å²) in [4.78, 5) is 0. The molecule has 1 aromatic rings. The molecule has 3 rings (SSSR count). The van der Waals surface area contributed by atoms with E-state index < -0.39 is 11.6 Å². The molecule has 170 valence electrons. The van der Waals surface area contributed by atoms with Crippen LogP contribution in [0, 0.1) is 36.3 Å². The summed E-state index contributed by atoms with van der Waals surface area (Å²) in [6.45, 7) is 8.53. The maximum atomic E-state index is 14.8. The van der Waals surface area contributed by atoms with Crippen molar-refractivity contribution < 1.29 is 13.5 Å². The maximum Gasteiger partial charge on any atom is 0.201 e. The number of fused-ring (bicyclic) bond motifs is 1. The van der Waals surface area contributed by atoms with Crippen LogP contribution in [0.1, 0.15) is 108 Å². The van der Waals surface area contributed by atoms with Crippen LogP contribution in [-0.4, -0.2) is 6.10 Å². The van der Waals surface area contributed by atoms with Crippen molar-refractivity contribution in [2.45, 2.75) is 117 Å². The smallest absolute Gasteiger partial charge is 0.201 e. The van der Waals surface area contributed by atoms with Gasteiger partial charge >= 0.3 is 0 Å². The third kappa shape index (κ3) is 5.37. The molecule has 3 heteroatoms. The van der Waals surface area contributed by atoms with Crippen LogP contribution in [0.5, 0.6) is 5.75 Å². The third-order valence-electron chi connectivity index (χ3n) is 7.86. The summed E-state index contributed by atoms with van der Waals surface area (Å²) in [5.41, 5.74) is 2.48. The zero-order valence-electron chi connectivity index (χ0n) is 19.7. The minimum absolute atomic E-state index is 0.0276. The molecule has 2 atom stereocenters. The average molecular weight is 421 g/mol. The lowest BCUT2D eigenvalue weighted by molar-refractivity contribution is 0.149. The lowest BCUT2D eigenvalue weighted by Gasteiger charge is -2.34. The van der Waals surface area contributed by atoms with Crippen molar-refractivity contribution in [3.05, 3.63) is 28.3 Å². The summed E-state index contributed by atoms with van der Waals surface area (Å²) in [6, 6.07) is 0. The van der Waals surface area contributed by atoms with Crippen LogP contribution in [0.3, 0.4) is 0 Å². The summed E-state index contributed by atoms with van der Waals surface area (Å²) < 4.78 is 35.6. The minimum Gasteiger partial charge on any atom is -0.487 e. The van der Waals surface area contributed by atoms with E-state index >= 15 is 0 Å². The lowest BCUT2D eigenvalue weighted by atomic mass is 9.73. The third-order valence-corrected chi connectivity index (χ3v) is 7.86. The van der Waals surface area contributed by atoms with Gasteiger partial charge in [0.1, 0.15) is 0 Å². The Morgan fingerprint density at radius 1 is 0.933 bits per heavy atom. The largest absolute Gasteiger partial charge is 0.487 e. The molecular weight excluding hydrogens is 378 g/mol. The van der Waals surface area contributed by atoms with Gasteiger partial charge in [0.15, 0.2) is 11.6 Å². The Morgan fingerprint density at radius 2 is 1.67 bits per heavy atom. The van der Waals surface area contributed by atoms with Crippen LogP contribution in [0.4, 0.5) is 8.78 Å². The van der Waals surface area contributed by atoms with Gasteiger partial charge in [-0.15, -0.1) is 0 Å². The molecule has 0 bridgehead atoms. The Bertz CT molecular complexity index is 691. The molecule has 30 heavy (non-hydrogen) atoms. The quantitative estimate of drug-likeness (QED) is 0.365. The van der Waals surface area contributed by atoms with Crippen molar-refractivity contribution in [3.8, 4) is 5.75 Å². The molecule has 1 heterocycles. The van der Waals surface area contributed by atoms with Crippen molar-refractivity contribution in [3.63, 3.8) is 0 Å². The Kier molecular flexibility index (Phi) is 8.60. The lowest BCUT2D eigenvalue weighted by Crippen LogP contribution is -2.27. The van der Waals surface area contributed by atoms with Crippen LogP contribution in [0.25, 0.3) is 0 Å². The first-order valence-electron chi connectivity index (χ1n) is 12.6. The number of rotatable bonds is 9. The predicted molar refractivity (Wildman–Crippen MR) is 121 cm³/mol. The van der Waals surface area contributed by atoms with Gasteiger partial charge in [-0.2, -0.15) is 4.39 Å². The molecule has 0 radical (unpaired) electrons. The normalized spacial score (nSPS) is 24.9. The highest BCUT2D eigenvalue weighted by molar-refractivity contribution is 5.48. The van der Waals surface area contributed by atoms with Gasteiger partial charge in [0.25, 0.3) is 0 Å². The van der Waals surface area contributed by atoms with Gasteiger partial charge in [-0.1, -0.05) is 59.3 Å². The molecule has 1 saturated carbocycles. The summed E-state index contributed by atoms with van der Waals surface area (Å²) >= 11 is 0. The number of halogens is 2. The molecule has 0 saturated heterocycles. The van der Waals surface area contributed by atoms with Gasteiger partial charge in [0, 0.05) is 5.56 Å². The van der Waals surface area contributed by atoms with Gasteiger partial charge < -0.3 is 4.74 Å². The van der Waals surface area contributed by atoms with Gasteiger partial charge in [0.2, 0.25) is 5.82 Å². The molecule has 2 aliphatic rings. The monoisotopic (exact) mass is 420 g/mol. The minimum atomic E-state index is -0.765. The molecule has 0 N–H and O–H groups in total.